The maximum atomic E-state index is 13.1. The number of hydrogen-bond donors (Lipinski definition) is 1. The Morgan fingerprint density at radius 3 is 2.39 bits per heavy atom. The van der Waals surface area contributed by atoms with Crippen LogP contribution < -0.4 is 14.4 Å². The van der Waals surface area contributed by atoms with Gasteiger partial charge in [-0.2, -0.15) is 0 Å². The Balaban J connectivity index is 2.15. The highest BCUT2D eigenvalue weighted by atomic mass is 16.5. The summed E-state index contributed by atoms with van der Waals surface area (Å²) in [4.78, 5) is 27.7. The predicted molar refractivity (Wildman–Crippen MR) is 120 cm³/mol. The Kier molecular flexibility index (Phi) is 6.68. The molecule has 0 fully saturated rings. The second kappa shape index (κ2) is 9.25. The molecule has 6 heteroatoms. The summed E-state index contributed by atoms with van der Waals surface area (Å²) in [5.41, 5.74) is 1.33. The molecule has 0 saturated carbocycles. The Hall–Kier alpha value is -3.28. The topological polar surface area (TPSA) is 76.1 Å². The molecule has 164 valence electrons. The van der Waals surface area contributed by atoms with Crippen LogP contribution in [0.15, 0.2) is 59.9 Å². The van der Waals surface area contributed by atoms with Crippen molar-refractivity contribution in [2.24, 2.45) is 5.92 Å². The number of amides is 1. The van der Waals surface area contributed by atoms with Crippen molar-refractivity contribution in [3.63, 3.8) is 0 Å². The van der Waals surface area contributed by atoms with Crippen LogP contribution in [0.25, 0.3) is 0 Å². The molecule has 0 bridgehead atoms. The summed E-state index contributed by atoms with van der Waals surface area (Å²) >= 11 is 0. The minimum atomic E-state index is -0.762. The number of nitrogens with zero attached hydrogens (tertiary/aromatic N) is 1. The van der Waals surface area contributed by atoms with E-state index in [-0.39, 0.29) is 29.8 Å². The monoisotopic (exact) mass is 423 g/mol. The molecule has 0 spiro atoms. The van der Waals surface area contributed by atoms with Gasteiger partial charge >= 0.3 is 0 Å². The van der Waals surface area contributed by atoms with Gasteiger partial charge < -0.3 is 14.6 Å². The average Bonchev–Trinajstić information content (AvgIpc) is 2.98. The second-order valence-electron chi connectivity index (χ2n) is 8.30. The maximum absolute atomic E-state index is 13.1. The zero-order valence-corrected chi connectivity index (χ0v) is 18.6. The number of methoxy groups -OCH3 is 1. The Morgan fingerprint density at radius 2 is 1.74 bits per heavy atom. The number of aliphatic hydroxyl groups is 1. The number of aliphatic hydroxyl groups excluding tert-OH is 1. The fraction of sp³-hybridized carbons (Fsp3) is 0.360. The van der Waals surface area contributed by atoms with Gasteiger partial charge in [0, 0.05) is 18.2 Å². The highest BCUT2D eigenvalue weighted by Gasteiger charge is 2.44. The van der Waals surface area contributed by atoms with Crippen molar-refractivity contribution >= 4 is 17.4 Å². The molecule has 2 aromatic carbocycles. The summed E-state index contributed by atoms with van der Waals surface area (Å²) < 4.78 is 11.1. The molecule has 0 radical (unpaired) electrons. The lowest BCUT2D eigenvalue weighted by atomic mass is 9.92. The molecule has 0 saturated heterocycles. The molecule has 2 aromatic rings. The van der Waals surface area contributed by atoms with E-state index in [1.54, 1.807) is 31.4 Å². The first kappa shape index (κ1) is 22.4. The SMILES string of the molecule is COc1cccc(N2C(=O)C(O)=C(C(=O)CC(C)C)C2c2cccc(OC(C)C)c2)c1. The quantitative estimate of drug-likeness (QED) is 0.647. The highest BCUT2D eigenvalue weighted by molar-refractivity contribution is 6.16. The third-order valence-corrected chi connectivity index (χ3v) is 4.98. The molecule has 1 aliphatic heterocycles. The van der Waals surface area contributed by atoms with Crippen LogP contribution in [0.3, 0.4) is 0 Å². The van der Waals surface area contributed by atoms with Crippen molar-refractivity contribution in [2.75, 3.05) is 12.0 Å². The van der Waals surface area contributed by atoms with Crippen LogP contribution in [0.2, 0.25) is 0 Å². The van der Waals surface area contributed by atoms with Gasteiger partial charge in [-0.25, -0.2) is 0 Å². The van der Waals surface area contributed by atoms with Crippen LogP contribution >= 0.6 is 0 Å². The van der Waals surface area contributed by atoms with Crippen molar-refractivity contribution in [1.82, 2.24) is 0 Å². The molecule has 0 aromatic heterocycles. The van der Waals surface area contributed by atoms with Gasteiger partial charge in [0.25, 0.3) is 5.91 Å². The first-order valence-corrected chi connectivity index (χ1v) is 10.4. The third kappa shape index (κ3) is 4.74. The fourth-order valence-corrected chi connectivity index (χ4v) is 3.74. The number of hydrogen-bond acceptors (Lipinski definition) is 5. The zero-order valence-electron chi connectivity index (χ0n) is 18.6. The van der Waals surface area contributed by atoms with Crippen molar-refractivity contribution in [3.8, 4) is 11.5 Å². The van der Waals surface area contributed by atoms with E-state index in [0.717, 1.165) is 0 Å². The minimum absolute atomic E-state index is 0.0269. The van der Waals surface area contributed by atoms with Crippen LogP contribution in [-0.2, 0) is 9.59 Å². The molecule has 1 aliphatic rings. The molecular formula is C25H29NO5. The first-order valence-electron chi connectivity index (χ1n) is 10.4. The molecule has 1 N–H and O–H groups in total. The zero-order chi connectivity index (χ0) is 22.7. The number of ketones is 1. The summed E-state index contributed by atoms with van der Waals surface area (Å²) in [6, 6.07) is 13.5. The van der Waals surface area contributed by atoms with Crippen LogP contribution in [0.4, 0.5) is 5.69 Å². The van der Waals surface area contributed by atoms with Crippen LogP contribution in [-0.4, -0.2) is 30.0 Å². The van der Waals surface area contributed by atoms with E-state index in [4.69, 9.17) is 9.47 Å². The van der Waals surface area contributed by atoms with E-state index in [1.807, 2.05) is 52.0 Å². The molecule has 6 nitrogen and oxygen atoms in total. The van der Waals surface area contributed by atoms with Gasteiger partial charge in [-0.1, -0.05) is 32.0 Å². The van der Waals surface area contributed by atoms with E-state index in [0.29, 0.717) is 22.7 Å². The van der Waals surface area contributed by atoms with E-state index >= 15 is 0 Å². The molecule has 1 heterocycles. The minimum Gasteiger partial charge on any atom is -0.503 e. The summed E-state index contributed by atoms with van der Waals surface area (Å²) in [5.74, 6) is -0.0689. The largest absolute Gasteiger partial charge is 0.503 e. The predicted octanol–water partition coefficient (Wildman–Crippen LogP) is 5.00. The highest BCUT2D eigenvalue weighted by Crippen LogP contribution is 2.43. The summed E-state index contributed by atoms with van der Waals surface area (Å²) in [6.07, 6.45) is 0.207. The lowest BCUT2D eigenvalue weighted by Gasteiger charge is -2.27. The van der Waals surface area contributed by atoms with Gasteiger partial charge in [-0.15, -0.1) is 0 Å². The van der Waals surface area contributed by atoms with Crippen molar-refractivity contribution in [3.05, 3.63) is 65.4 Å². The lowest BCUT2D eigenvalue weighted by molar-refractivity contribution is -0.118. The van der Waals surface area contributed by atoms with Crippen LogP contribution in [0, 0.1) is 5.92 Å². The van der Waals surface area contributed by atoms with E-state index < -0.39 is 17.7 Å². The third-order valence-electron chi connectivity index (χ3n) is 4.98. The lowest BCUT2D eigenvalue weighted by Crippen LogP contribution is -2.31. The number of benzene rings is 2. The van der Waals surface area contributed by atoms with Gasteiger partial charge in [-0.05, 0) is 49.6 Å². The van der Waals surface area contributed by atoms with Crippen molar-refractivity contribution in [1.29, 1.82) is 0 Å². The Morgan fingerprint density at radius 1 is 1.06 bits per heavy atom. The smallest absolute Gasteiger partial charge is 0.294 e. The second-order valence-corrected chi connectivity index (χ2v) is 8.30. The average molecular weight is 424 g/mol. The number of Topliss-reactive ketones (excluding diaryl/α,β-unsaturated/α-hetero) is 1. The van der Waals surface area contributed by atoms with E-state index in [1.165, 1.54) is 4.90 Å². The Labute approximate surface area is 183 Å². The summed E-state index contributed by atoms with van der Waals surface area (Å²) in [6.45, 7) is 7.71. The molecule has 1 amide bonds. The van der Waals surface area contributed by atoms with Gasteiger partial charge in [0.2, 0.25) is 0 Å². The molecule has 3 rings (SSSR count). The van der Waals surface area contributed by atoms with Crippen LogP contribution in [0.1, 0.15) is 45.7 Å². The molecule has 0 aliphatic carbocycles. The molecule has 1 unspecified atom stereocenters. The normalized spacial score (nSPS) is 16.4. The number of carbonyl (C=O) groups is 2. The summed E-state index contributed by atoms with van der Waals surface area (Å²) in [7, 11) is 1.54. The Bertz CT molecular complexity index is 1010. The van der Waals surface area contributed by atoms with Gasteiger partial charge in [0.1, 0.15) is 11.5 Å². The van der Waals surface area contributed by atoms with Crippen molar-refractivity contribution in [2.45, 2.75) is 46.3 Å². The first-order chi connectivity index (χ1) is 14.7. The van der Waals surface area contributed by atoms with Gasteiger partial charge in [0.05, 0.1) is 24.8 Å². The number of rotatable bonds is 8. The fourth-order valence-electron chi connectivity index (χ4n) is 3.74. The van der Waals surface area contributed by atoms with Crippen LogP contribution in [0.5, 0.6) is 11.5 Å². The summed E-state index contributed by atoms with van der Waals surface area (Å²) in [5, 5.41) is 10.8. The van der Waals surface area contributed by atoms with E-state index in [9.17, 15) is 14.7 Å². The van der Waals surface area contributed by atoms with E-state index in [2.05, 4.69) is 0 Å². The standard InChI is InChI=1S/C25H29NO5/c1-15(2)12-21(27)22-23(17-8-6-11-20(13-17)31-16(3)4)26(25(29)24(22)28)18-9-7-10-19(14-18)30-5/h6-11,13-16,23,28H,12H2,1-5H3. The number of anilines is 1. The number of carbonyl (C=O) groups excluding carboxylic acids is 2. The molecular weight excluding hydrogens is 394 g/mol. The van der Waals surface area contributed by atoms with Gasteiger partial charge in [0.15, 0.2) is 11.5 Å². The number of ether oxygens (including phenoxy) is 2. The molecule has 1 atom stereocenters. The maximum Gasteiger partial charge on any atom is 0.294 e. The van der Waals surface area contributed by atoms with Crippen molar-refractivity contribution < 1.29 is 24.2 Å². The molecule has 31 heavy (non-hydrogen) atoms. The van der Waals surface area contributed by atoms with Gasteiger partial charge in [-0.3, -0.25) is 14.5 Å².